The van der Waals surface area contributed by atoms with Gasteiger partial charge in [-0.15, -0.1) is 0 Å². The molecule has 0 spiro atoms. The van der Waals surface area contributed by atoms with E-state index in [1.54, 1.807) is 0 Å². The van der Waals surface area contributed by atoms with Gasteiger partial charge in [-0.25, -0.2) is 4.57 Å². The van der Waals surface area contributed by atoms with E-state index in [2.05, 4.69) is 115 Å². The lowest BCUT2D eigenvalue weighted by Gasteiger charge is -2.08. The fourth-order valence-electron chi connectivity index (χ4n) is 4.24. The molecule has 0 saturated heterocycles. The SMILES string of the molecule is Cc1ccc2c(c1)n(C)c(-c1ccccc1C)[n+]2-c1cccc2ccccc12. The summed E-state index contributed by atoms with van der Waals surface area (Å²) in [4.78, 5) is 0. The predicted molar refractivity (Wildman–Crippen MR) is 117 cm³/mol. The van der Waals surface area contributed by atoms with Gasteiger partial charge in [0.2, 0.25) is 0 Å². The van der Waals surface area contributed by atoms with Gasteiger partial charge in [0.05, 0.1) is 12.6 Å². The molecule has 0 amide bonds. The summed E-state index contributed by atoms with van der Waals surface area (Å²) in [6.45, 7) is 4.34. The number of hydrogen-bond acceptors (Lipinski definition) is 0. The molecule has 2 nitrogen and oxygen atoms in total. The Balaban J connectivity index is 1.98. The molecule has 5 rings (SSSR count). The molecule has 0 N–H and O–H groups in total. The van der Waals surface area contributed by atoms with Gasteiger partial charge in [-0.2, -0.15) is 4.57 Å². The molecule has 0 aliphatic carbocycles. The highest BCUT2D eigenvalue weighted by Gasteiger charge is 2.27. The van der Waals surface area contributed by atoms with Crippen LogP contribution in [0.3, 0.4) is 0 Å². The molecular weight excluding hydrogens is 340 g/mol. The maximum atomic E-state index is 2.42. The van der Waals surface area contributed by atoms with Crippen molar-refractivity contribution in [3.05, 3.63) is 96.1 Å². The van der Waals surface area contributed by atoms with Crippen LogP contribution in [0.15, 0.2) is 84.9 Å². The Kier molecular flexibility index (Phi) is 3.80. The van der Waals surface area contributed by atoms with Crippen molar-refractivity contribution in [3.8, 4) is 17.1 Å². The Hall–Kier alpha value is -3.39. The minimum Gasteiger partial charge on any atom is -0.225 e. The lowest BCUT2D eigenvalue weighted by molar-refractivity contribution is -0.554. The van der Waals surface area contributed by atoms with Gasteiger partial charge in [0.1, 0.15) is 5.69 Å². The first-order valence-electron chi connectivity index (χ1n) is 9.70. The number of nitrogens with zero attached hydrogens (tertiary/aromatic N) is 2. The third-order valence-electron chi connectivity index (χ3n) is 5.66. The average Bonchev–Trinajstić information content (AvgIpc) is 3.00. The number of benzene rings is 4. The van der Waals surface area contributed by atoms with Crippen LogP contribution in [-0.4, -0.2) is 4.57 Å². The Labute approximate surface area is 165 Å². The van der Waals surface area contributed by atoms with E-state index in [4.69, 9.17) is 0 Å². The number of hydrogen-bond donors (Lipinski definition) is 0. The molecule has 0 aliphatic rings. The molecule has 0 fully saturated rings. The molecule has 0 radical (unpaired) electrons. The normalized spacial score (nSPS) is 11.4. The van der Waals surface area contributed by atoms with Gasteiger partial charge in [0.25, 0.3) is 5.82 Å². The maximum absolute atomic E-state index is 2.42. The van der Waals surface area contributed by atoms with E-state index in [9.17, 15) is 0 Å². The summed E-state index contributed by atoms with van der Waals surface area (Å²) < 4.78 is 4.74. The number of imidazole rings is 1. The maximum Gasteiger partial charge on any atom is 0.295 e. The molecule has 0 atom stereocenters. The standard InChI is InChI=1S/C26H23N2/c1-18-15-16-24-25(17-18)27(3)26(21-12-6-4-9-19(21)2)28(24)23-14-8-11-20-10-5-7-13-22(20)23/h4-17H,1-3H3/q+1. The predicted octanol–water partition coefficient (Wildman–Crippen LogP) is 5.89. The van der Waals surface area contributed by atoms with Crippen molar-refractivity contribution < 1.29 is 4.57 Å². The van der Waals surface area contributed by atoms with Crippen LogP contribution in [0.1, 0.15) is 11.1 Å². The largest absolute Gasteiger partial charge is 0.295 e. The topological polar surface area (TPSA) is 8.81 Å². The van der Waals surface area contributed by atoms with Crippen LogP contribution in [0, 0.1) is 13.8 Å². The lowest BCUT2D eigenvalue weighted by Crippen LogP contribution is -2.33. The Morgan fingerprint density at radius 3 is 2.36 bits per heavy atom. The molecule has 0 saturated carbocycles. The fraction of sp³-hybridized carbons (Fsp3) is 0.115. The van der Waals surface area contributed by atoms with E-state index >= 15 is 0 Å². The van der Waals surface area contributed by atoms with Gasteiger partial charge in [0.15, 0.2) is 11.0 Å². The molecular formula is C26H23N2+. The minimum atomic E-state index is 1.20. The van der Waals surface area contributed by atoms with Gasteiger partial charge in [-0.3, -0.25) is 0 Å². The molecule has 0 unspecified atom stereocenters. The van der Waals surface area contributed by atoms with E-state index in [1.807, 2.05) is 0 Å². The number of rotatable bonds is 2. The number of aromatic nitrogens is 2. The quantitative estimate of drug-likeness (QED) is 0.346. The second-order valence-electron chi connectivity index (χ2n) is 7.52. The molecule has 2 heteroatoms. The van der Waals surface area contributed by atoms with E-state index in [1.165, 1.54) is 50.0 Å². The minimum absolute atomic E-state index is 1.20. The smallest absolute Gasteiger partial charge is 0.225 e. The number of aryl methyl sites for hydroxylation is 3. The zero-order valence-electron chi connectivity index (χ0n) is 16.5. The van der Waals surface area contributed by atoms with Crippen molar-refractivity contribution in [2.45, 2.75) is 13.8 Å². The van der Waals surface area contributed by atoms with E-state index < -0.39 is 0 Å². The molecule has 1 aromatic heterocycles. The second-order valence-corrected chi connectivity index (χ2v) is 7.52. The summed E-state index contributed by atoms with van der Waals surface area (Å²) in [5.74, 6) is 1.20. The third kappa shape index (κ3) is 2.45. The zero-order chi connectivity index (χ0) is 19.3. The summed E-state index contributed by atoms with van der Waals surface area (Å²) in [6, 6.07) is 30.5. The summed E-state index contributed by atoms with van der Waals surface area (Å²) in [7, 11) is 2.17. The molecule has 4 aromatic carbocycles. The van der Waals surface area contributed by atoms with Crippen LogP contribution in [-0.2, 0) is 7.05 Å². The Morgan fingerprint density at radius 2 is 1.50 bits per heavy atom. The van der Waals surface area contributed by atoms with Gasteiger partial charge in [-0.1, -0.05) is 60.7 Å². The van der Waals surface area contributed by atoms with Crippen LogP contribution in [0.2, 0.25) is 0 Å². The van der Waals surface area contributed by atoms with Gasteiger partial charge < -0.3 is 0 Å². The molecule has 0 aliphatic heterocycles. The van der Waals surface area contributed by atoms with Crippen molar-refractivity contribution in [1.29, 1.82) is 0 Å². The highest BCUT2D eigenvalue weighted by Crippen LogP contribution is 2.29. The molecule has 136 valence electrons. The third-order valence-corrected chi connectivity index (χ3v) is 5.66. The van der Waals surface area contributed by atoms with Crippen LogP contribution in [0.4, 0.5) is 0 Å². The van der Waals surface area contributed by atoms with Crippen molar-refractivity contribution in [1.82, 2.24) is 4.57 Å². The van der Waals surface area contributed by atoms with Crippen LogP contribution in [0.25, 0.3) is 38.9 Å². The molecule has 0 bridgehead atoms. The summed E-state index contributed by atoms with van der Waals surface area (Å²) in [5, 5.41) is 2.52. The van der Waals surface area contributed by atoms with Crippen LogP contribution in [0.5, 0.6) is 0 Å². The van der Waals surface area contributed by atoms with Gasteiger partial charge >= 0.3 is 0 Å². The lowest BCUT2D eigenvalue weighted by atomic mass is 10.1. The summed E-state index contributed by atoms with van der Waals surface area (Å²) in [6.07, 6.45) is 0. The van der Waals surface area contributed by atoms with Crippen LogP contribution >= 0.6 is 0 Å². The number of fused-ring (bicyclic) bond motifs is 2. The first-order valence-corrected chi connectivity index (χ1v) is 9.70. The molecule has 5 aromatic rings. The average molecular weight is 363 g/mol. The second kappa shape index (κ2) is 6.35. The van der Waals surface area contributed by atoms with Gasteiger partial charge in [0, 0.05) is 5.39 Å². The highest BCUT2D eigenvalue weighted by atomic mass is 15.2. The Morgan fingerprint density at radius 1 is 0.750 bits per heavy atom. The molecule has 28 heavy (non-hydrogen) atoms. The van der Waals surface area contributed by atoms with E-state index in [0.717, 1.165) is 0 Å². The van der Waals surface area contributed by atoms with E-state index in [0.29, 0.717) is 0 Å². The molecule has 1 heterocycles. The van der Waals surface area contributed by atoms with Crippen LogP contribution < -0.4 is 4.57 Å². The van der Waals surface area contributed by atoms with Crippen molar-refractivity contribution in [2.75, 3.05) is 0 Å². The summed E-state index contributed by atoms with van der Waals surface area (Å²) in [5.41, 5.74) is 7.49. The zero-order valence-corrected chi connectivity index (χ0v) is 16.5. The van der Waals surface area contributed by atoms with Crippen molar-refractivity contribution in [2.24, 2.45) is 7.05 Å². The monoisotopic (exact) mass is 363 g/mol. The van der Waals surface area contributed by atoms with Gasteiger partial charge in [-0.05, 0) is 54.6 Å². The summed E-state index contributed by atoms with van der Waals surface area (Å²) >= 11 is 0. The Bertz CT molecular complexity index is 1340. The van der Waals surface area contributed by atoms with Crippen molar-refractivity contribution >= 4 is 21.8 Å². The van der Waals surface area contributed by atoms with Crippen molar-refractivity contribution in [3.63, 3.8) is 0 Å². The first kappa shape index (κ1) is 16.8. The fourth-order valence-corrected chi connectivity index (χ4v) is 4.24. The van der Waals surface area contributed by atoms with E-state index in [-0.39, 0.29) is 0 Å². The highest BCUT2D eigenvalue weighted by molar-refractivity contribution is 5.89. The first-order chi connectivity index (χ1) is 13.6.